The Morgan fingerprint density at radius 3 is 2.52 bits per heavy atom. The standard InChI is InChI=1S/C17H32N2O4/c1-13-11-15(12-16(20)23-13)18(2)9-10-22-17(21)19(3)14-7-5-4-6-8-14/h13-16,20H,4-12H2,1-3H3/t13-,15+,16-/m1/s1. The molecule has 3 atom stereocenters. The summed E-state index contributed by atoms with van der Waals surface area (Å²) in [4.78, 5) is 16.0. The van der Waals surface area contributed by atoms with Gasteiger partial charge in [0.25, 0.3) is 0 Å². The highest BCUT2D eigenvalue weighted by Crippen LogP contribution is 2.23. The molecule has 134 valence electrons. The highest BCUT2D eigenvalue weighted by molar-refractivity contribution is 5.67. The van der Waals surface area contributed by atoms with Gasteiger partial charge in [-0.3, -0.25) is 4.90 Å². The zero-order valence-electron chi connectivity index (χ0n) is 14.7. The van der Waals surface area contributed by atoms with Gasteiger partial charge in [-0.1, -0.05) is 19.3 Å². The van der Waals surface area contributed by atoms with Gasteiger partial charge in [-0.15, -0.1) is 0 Å². The van der Waals surface area contributed by atoms with Crippen LogP contribution < -0.4 is 0 Å². The molecule has 23 heavy (non-hydrogen) atoms. The summed E-state index contributed by atoms with van der Waals surface area (Å²) < 4.78 is 10.8. The van der Waals surface area contributed by atoms with E-state index in [9.17, 15) is 9.90 Å². The van der Waals surface area contributed by atoms with Crippen molar-refractivity contribution in [1.82, 2.24) is 9.80 Å². The lowest BCUT2D eigenvalue weighted by atomic mass is 9.95. The average Bonchev–Trinajstić information content (AvgIpc) is 2.53. The lowest BCUT2D eigenvalue weighted by Gasteiger charge is -2.36. The third-order valence-corrected chi connectivity index (χ3v) is 5.17. The van der Waals surface area contributed by atoms with Crippen molar-refractivity contribution in [3.63, 3.8) is 0 Å². The van der Waals surface area contributed by atoms with Gasteiger partial charge in [0.05, 0.1) is 6.10 Å². The summed E-state index contributed by atoms with van der Waals surface area (Å²) in [7, 11) is 3.85. The maximum absolute atomic E-state index is 12.1. The molecule has 0 radical (unpaired) electrons. The third kappa shape index (κ3) is 5.62. The van der Waals surface area contributed by atoms with E-state index >= 15 is 0 Å². The lowest BCUT2D eigenvalue weighted by molar-refractivity contribution is -0.174. The first kappa shape index (κ1) is 18.5. The van der Waals surface area contributed by atoms with Gasteiger partial charge in [0, 0.05) is 32.1 Å². The van der Waals surface area contributed by atoms with Crippen molar-refractivity contribution in [3.8, 4) is 0 Å². The van der Waals surface area contributed by atoms with Crippen LogP contribution in [-0.4, -0.2) is 72.7 Å². The maximum atomic E-state index is 12.1. The Morgan fingerprint density at radius 2 is 1.87 bits per heavy atom. The molecule has 1 heterocycles. The van der Waals surface area contributed by atoms with Gasteiger partial charge in [-0.2, -0.15) is 0 Å². The van der Waals surface area contributed by atoms with Gasteiger partial charge in [-0.25, -0.2) is 4.79 Å². The highest BCUT2D eigenvalue weighted by Gasteiger charge is 2.28. The molecule has 1 saturated heterocycles. The summed E-state index contributed by atoms with van der Waals surface area (Å²) in [5, 5.41) is 9.69. The molecule has 1 amide bonds. The molecule has 1 aliphatic carbocycles. The number of hydrogen-bond acceptors (Lipinski definition) is 5. The van der Waals surface area contributed by atoms with E-state index < -0.39 is 6.29 Å². The minimum Gasteiger partial charge on any atom is -0.448 e. The third-order valence-electron chi connectivity index (χ3n) is 5.17. The van der Waals surface area contributed by atoms with Crippen LogP contribution in [0.2, 0.25) is 0 Å². The number of rotatable bonds is 5. The molecule has 1 aliphatic heterocycles. The van der Waals surface area contributed by atoms with Crippen LogP contribution in [0, 0.1) is 0 Å². The Bertz CT molecular complexity index is 364. The topological polar surface area (TPSA) is 62.2 Å². The van der Waals surface area contributed by atoms with E-state index in [1.165, 1.54) is 19.3 Å². The second-order valence-electron chi connectivity index (χ2n) is 7.02. The van der Waals surface area contributed by atoms with Crippen molar-refractivity contribution >= 4 is 6.09 Å². The second-order valence-corrected chi connectivity index (χ2v) is 7.02. The van der Waals surface area contributed by atoms with E-state index in [0.29, 0.717) is 25.6 Å². The monoisotopic (exact) mass is 328 g/mol. The highest BCUT2D eigenvalue weighted by atomic mass is 16.6. The molecule has 1 saturated carbocycles. The number of carbonyl (C=O) groups excluding carboxylic acids is 1. The summed E-state index contributed by atoms with van der Waals surface area (Å²) in [5.74, 6) is 0. The van der Waals surface area contributed by atoms with Gasteiger partial charge in [-0.05, 0) is 33.2 Å². The predicted octanol–water partition coefficient (Wildman–Crippen LogP) is 2.21. The van der Waals surface area contributed by atoms with Crippen LogP contribution in [0.25, 0.3) is 0 Å². The number of likely N-dealkylation sites (N-methyl/N-ethyl adjacent to an activating group) is 1. The first-order chi connectivity index (χ1) is 11.0. The fraction of sp³-hybridized carbons (Fsp3) is 0.941. The molecular formula is C17H32N2O4. The quantitative estimate of drug-likeness (QED) is 0.838. The first-order valence-electron chi connectivity index (χ1n) is 8.90. The summed E-state index contributed by atoms with van der Waals surface area (Å²) >= 11 is 0. The van der Waals surface area contributed by atoms with Crippen molar-refractivity contribution in [2.24, 2.45) is 0 Å². The number of aliphatic hydroxyl groups is 1. The average molecular weight is 328 g/mol. The van der Waals surface area contributed by atoms with Crippen LogP contribution in [0.1, 0.15) is 51.9 Å². The fourth-order valence-electron chi connectivity index (χ4n) is 3.63. The number of carbonyl (C=O) groups is 1. The normalized spacial score (nSPS) is 29.5. The molecule has 0 aromatic rings. The largest absolute Gasteiger partial charge is 0.448 e. The van der Waals surface area contributed by atoms with Gasteiger partial charge in [0.1, 0.15) is 6.61 Å². The Morgan fingerprint density at radius 1 is 1.17 bits per heavy atom. The molecule has 0 spiro atoms. The van der Waals surface area contributed by atoms with E-state index in [4.69, 9.17) is 9.47 Å². The molecule has 2 fully saturated rings. The molecule has 0 bridgehead atoms. The number of ether oxygens (including phenoxy) is 2. The van der Waals surface area contributed by atoms with E-state index in [2.05, 4.69) is 4.90 Å². The Kier molecular flexibility index (Phi) is 7.11. The van der Waals surface area contributed by atoms with E-state index in [-0.39, 0.29) is 18.2 Å². The van der Waals surface area contributed by atoms with E-state index in [1.54, 1.807) is 4.90 Å². The Hall–Kier alpha value is -0.850. The molecule has 6 nitrogen and oxygen atoms in total. The predicted molar refractivity (Wildman–Crippen MR) is 88.2 cm³/mol. The number of nitrogens with zero attached hydrogens (tertiary/aromatic N) is 2. The van der Waals surface area contributed by atoms with Gasteiger partial charge in [0.15, 0.2) is 6.29 Å². The molecule has 0 aromatic heterocycles. The Labute approximate surface area is 139 Å². The van der Waals surface area contributed by atoms with Crippen molar-refractivity contribution < 1.29 is 19.4 Å². The summed E-state index contributed by atoms with van der Waals surface area (Å²) in [5.41, 5.74) is 0. The van der Waals surface area contributed by atoms with Crippen molar-refractivity contribution in [1.29, 1.82) is 0 Å². The van der Waals surface area contributed by atoms with Crippen LogP contribution in [-0.2, 0) is 9.47 Å². The minimum absolute atomic E-state index is 0.0613. The molecular weight excluding hydrogens is 296 g/mol. The molecule has 2 rings (SSSR count). The van der Waals surface area contributed by atoms with Crippen LogP contribution in [0.15, 0.2) is 0 Å². The minimum atomic E-state index is -0.689. The zero-order valence-corrected chi connectivity index (χ0v) is 14.7. The first-order valence-corrected chi connectivity index (χ1v) is 8.90. The van der Waals surface area contributed by atoms with Crippen LogP contribution in [0.3, 0.4) is 0 Å². The van der Waals surface area contributed by atoms with Crippen LogP contribution in [0.5, 0.6) is 0 Å². The Balaban J connectivity index is 1.68. The summed E-state index contributed by atoms with van der Waals surface area (Å²) in [6, 6.07) is 0.601. The molecule has 6 heteroatoms. The number of hydrogen-bond donors (Lipinski definition) is 1. The smallest absolute Gasteiger partial charge is 0.409 e. The SMILES string of the molecule is C[C@@H]1C[C@H](N(C)CCOC(=O)N(C)C2CCCCC2)C[C@H](O)O1. The lowest BCUT2D eigenvalue weighted by Crippen LogP contribution is -2.45. The van der Waals surface area contributed by atoms with Gasteiger partial charge >= 0.3 is 6.09 Å². The van der Waals surface area contributed by atoms with Crippen molar-refractivity contribution in [2.45, 2.75) is 76.3 Å². The van der Waals surface area contributed by atoms with Crippen molar-refractivity contribution in [3.05, 3.63) is 0 Å². The second kappa shape index (κ2) is 8.85. The number of aliphatic hydroxyl groups excluding tert-OH is 1. The summed E-state index contributed by atoms with van der Waals surface area (Å²) in [6.45, 7) is 3.03. The van der Waals surface area contributed by atoms with Gasteiger partial charge in [0.2, 0.25) is 0 Å². The van der Waals surface area contributed by atoms with Crippen LogP contribution >= 0.6 is 0 Å². The molecule has 2 aliphatic rings. The van der Waals surface area contributed by atoms with E-state index in [1.807, 2.05) is 21.0 Å². The maximum Gasteiger partial charge on any atom is 0.409 e. The zero-order chi connectivity index (χ0) is 16.8. The molecule has 1 N–H and O–H groups in total. The fourth-order valence-corrected chi connectivity index (χ4v) is 3.63. The number of amides is 1. The van der Waals surface area contributed by atoms with Crippen LogP contribution in [0.4, 0.5) is 4.79 Å². The van der Waals surface area contributed by atoms with E-state index in [0.717, 1.165) is 19.3 Å². The molecule has 0 aromatic carbocycles. The van der Waals surface area contributed by atoms with Crippen molar-refractivity contribution in [2.75, 3.05) is 27.2 Å². The molecule has 0 unspecified atom stereocenters. The van der Waals surface area contributed by atoms with Gasteiger partial charge < -0.3 is 19.5 Å². The summed E-state index contributed by atoms with van der Waals surface area (Å²) in [6.07, 6.45) is 6.51.